The number of likely N-dealkylation sites (N-methyl/N-ethyl adjacent to an activating group) is 1. The van der Waals surface area contributed by atoms with Crippen LogP contribution in [0.1, 0.15) is 37.7 Å². The lowest BCUT2D eigenvalue weighted by molar-refractivity contribution is -0.133. The zero-order valence-electron chi connectivity index (χ0n) is 11.8. The Labute approximate surface area is 119 Å². The van der Waals surface area contributed by atoms with Gasteiger partial charge in [-0.05, 0) is 24.3 Å². The number of benzene rings is 1. The van der Waals surface area contributed by atoms with Crippen LogP contribution in [0.2, 0.25) is 0 Å². The molecule has 4 nitrogen and oxygen atoms in total. The molecule has 1 unspecified atom stereocenters. The lowest BCUT2D eigenvalue weighted by Crippen LogP contribution is -2.50. The van der Waals surface area contributed by atoms with Gasteiger partial charge in [0.05, 0.1) is 0 Å². The molecule has 3 rings (SSSR count). The van der Waals surface area contributed by atoms with Gasteiger partial charge in [-0.2, -0.15) is 0 Å². The van der Waals surface area contributed by atoms with Crippen LogP contribution in [0.3, 0.4) is 0 Å². The second-order valence-corrected chi connectivity index (χ2v) is 5.80. The first kappa shape index (κ1) is 13.2. The zero-order valence-corrected chi connectivity index (χ0v) is 11.8. The molecule has 0 bridgehead atoms. The normalized spacial score (nSPS) is 27.8. The Balaban J connectivity index is 2.08. The third-order valence-electron chi connectivity index (χ3n) is 4.70. The molecule has 1 atom stereocenters. The van der Waals surface area contributed by atoms with Crippen LogP contribution in [-0.2, 0) is 10.3 Å². The van der Waals surface area contributed by atoms with E-state index in [-0.39, 0.29) is 17.9 Å². The summed E-state index contributed by atoms with van der Waals surface area (Å²) in [5.74, 6) is 0.0839. The smallest absolute Gasteiger partial charge is 0.319 e. The minimum absolute atomic E-state index is 0.111. The Hall–Kier alpha value is -1.84. The summed E-state index contributed by atoms with van der Waals surface area (Å²) in [6.07, 6.45) is 5.47. The first-order chi connectivity index (χ1) is 9.66. The minimum atomic E-state index is -0.854. The highest BCUT2D eigenvalue weighted by Gasteiger charge is 2.55. The van der Waals surface area contributed by atoms with E-state index in [9.17, 15) is 9.59 Å². The largest absolute Gasteiger partial charge is 0.325 e. The fourth-order valence-electron chi connectivity index (χ4n) is 3.61. The van der Waals surface area contributed by atoms with E-state index in [4.69, 9.17) is 0 Å². The molecule has 4 heteroatoms. The molecule has 106 valence electrons. The highest BCUT2D eigenvalue weighted by Crippen LogP contribution is 2.42. The highest BCUT2D eigenvalue weighted by atomic mass is 16.2. The van der Waals surface area contributed by atoms with Gasteiger partial charge in [0.1, 0.15) is 5.54 Å². The second kappa shape index (κ2) is 4.93. The Morgan fingerprint density at radius 2 is 1.75 bits per heavy atom. The molecule has 1 saturated heterocycles. The van der Waals surface area contributed by atoms with Gasteiger partial charge in [0.2, 0.25) is 0 Å². The maximum atomic E-state index is 12.8. The van der Waals surface area contributed by atoms with Crippen molar-refractivity contribution >= 4 is 11.9 Å². The zero-order chi connectivity index (χ0) is 14.2. The van der Waals surface area contributed by atoms with Crippen molar-refractivity contribution in [3.8, 4) is 0 Å². The quantitative estimate of drug-likeness (QED) is 0.841. The fourth-order valence-corrected chi connectivity index (χ4v) is 3.61. The number of carbonyl (C=O) groups is 2. The van der Waals surface area contributed by atoms with Gasteiger partial charge in [0, 0.05) is 7.05 Å². The van der Waals surface area contributed by atoms with Gasteiger partial charge in [-0.25, -0.2) is 4.79 Å². The Bertz CT molecular complexity index is 523. The number of imide groups is 1. The fraction of sp³-hybridized carbons (Fsp3) is 0.500. The van der Waals surface area contributed by atoms with Gasteiger partial charge in [0.15, 0.2) is 0 Å². The molecule has 1 aromatic carbocycles. The molecule has 0 aromatic heterocycles. The highest BCUT2D eigenvalue weighted by molar-refractivity contribution is 6.07. The van der Waals surface area contributed by atoms with E-state index in [0.717, 1.165) is 31.2 Å². The standard InChI is InChI=1S/C16H20N2O2/c1-18-14(19)16(17-15(18)20,12-8-4-2-5-9-12)13-10-6-3-7-11-13/h2,4-5,8-9,13H,3,6-7,10-11H2,1H3,(H,17,20). The van der Waals surface area contributed by atoms with Crippen molar-refractivity contribution in [2.75, 3.05) is 7.05 Å². The maximum Gasteiger partial charge on any atom is 0.325 e. The Morgan fingerprint density at radius 1 is 1.10 bits per heavy atom. The molecule has 1 saturated carbocycles. The van der Waals surface area contributed by atoms with Crippen LogP contribution in [-0.4, -0.2) is 23.9 Å². The summed E-state index contributed by atoms with van der Waals surface area (Å²) < 4.78 is 0. The predicted octanol–water partition coefficient (Wildman–Crippen LogP) is 2.64. The first-order valence-corrected chi connectivity index (χ1v) is 7.32. The number of hydrogen-bond acceptors (Lipinski definition) is 2. The molecule has 0 radical (unpaired) electrons. The summed E-state index contributed by atoms with van der Waals surface area (Å²) in [7, 11) is 1.56. The molecule has 1 N–H and O–H groups in total. The van der Waals surface area contributed by atoms with E-state index >= 15 is 0 Å². The first-order valence-electron chi connectivity index (χ1n) is 7.32. The topological polar surface area (TPSA) is 49.4 Å². The van der Waals surface area contributed by atoms with Crippen molar-refractivity contribution < 1.29 is 9.59 Å². The van der Waals surface area contributed by atoms with Crippen molar-refractivity contribution in [1.82, 2.24) is 10.2 Å². The number of carbonyl (C=O) groups excluding carboxylic acids is 2. The van der Waals surface area contributed by atoms with Crippen molar-refractivity contribution in [3.05, 3.63) is 35.9 Å². The molecular formula is C16H20N2O2. The average molecular weight is 272 g/mol. The minimum Gasteiger partial charge on any atom is -0.319 e. The van der Waals surface area contributed by atoms with Crippen molar-refractivity contribution in [2.24, 2.45) is 5.92 Å². The van der Waals surface area contributed by atoms with Crippen LogP contribution in [0, 0.1) is 5.92 Å². The molecule has 3 amide bonds. The van der Waals surface area contributed by atoms with Crippen LogP contribution >= 0.6 is 0 Å². The number of rotatable bonds is 2. The molecule has 1 aliphatic heterocycles. The lowest BCUT2D eigenvalue weighted by Gasteiger charge is -2.37. The summed E-state index contributed by atoms with van der Waals surface area (Å²) in [6.45, 7) is 0. The van der Waals surface area contributed by atoms with E-state index in [0.29, 0.717) is 0 Å². The summed E-state index contributed by atoms with van der Waals surface area (Å²) in [5, 5.41) is 2.99. The van der Waals surface area contributed by atoms with E-state index in [1.807, 2.05) is 30.3 Å². The molecule has 1 aliphatic carbocycles. The van der Waals surface area contributed by atoms with Crippen molar-refractivity contribution in [1.29, 1.82) is 0 Å². The molecule has 0 spiro atoms. The maximum absolute atomic E-state index is 12.8. The average Bonchev–Trinajstić information content (AvgIpc) is 2.74. The van der Waals surface area contributed by atoms with E-state index < -0.39 is 5.54 Å². The predicted molar refractivity (Wildman–Crippen MR) is 76.0 cm³/mol. The van der Waals surface area contributed by atoms with Crippen LogP contribution in [0.15, 0.2) is 30.3 Å². The van der Waals surface area contributed by atoms with Crippen LogP contribution in [0.5, 0.6) is 0 Å². The van der Waals surface area contributed by atoms with Gasteiger partial charge >= 0.3 is 6.03 Å². The summed E-state index contributed by atoms with van der Waals surface area (Å²) in [4.78, 5) is 26.0. The van der Waals surface area contributed by atoms with Gasteiger partial charge in [0.25, 0.3) is 5.91 Å². The van der Waals surface area contributed by atoms with Crippen LogP contribution < -0.4 is 5.32 Å². The number of urea groups is 1. The molecule has 2 aliphatic rings. The number of nitrogens with zero attached hydrogens (tertiary/aromatic N) is 1. The van der Waals surface area contributed by atoms with E-state index in [2.05, 4.69) is 5.32 Å². The summed E-state index contributed by atoms with van der Waals surface area (Å²) in [5.41, 5.74) is 0.0580. The van der Waals surface area contributed by atoms with Gasteiger partial charge < -0.3 is 5.32 Å². The number of nitrogens with one attached hydrogen (secondary N) is 1. The van der Waals surface area contributed by atoms with Gasteiger partial charge in [-0.3, -0.25) is 9.69 Å². The summed E-state index contributed by atoms with van der Waals surface area (Å²) in [6, 6.07) is 9.40. The molecule has 1 heterocycles. The van der Waals surface area contributed by atoms with E-state index in [1.165, 1.54) is 11.3 Å². The molecule has 20 heavy (non-hydrogen) atoms. The van der Waals surface area contributed by atoms with Crippen LogP contribution in [0.25, 0.3) is 0 Å². The summed E-state index contributed by atoms with van der Waals surface area (Å²) >= 11 is 0. The van der Waals surface area contributed by atoms with Crippen molar-refractivity contribution in [2.45, 2.75) is 37.6 Å². The number of hydrogen-bond donors (Lipinski definition) is 1. The van der Waals surface area contributed by atoms with Gasteiger partial charge in [-0.1, -0.05) is 49.6 Å². The van der Waals surface area contributed by atoms with Crippen LogP contribution in [0.4, 0.5) is 4.79 Å². The van der Waals surface area contributed by atoms with Crippen molar-refractivity contribution in [3.63, 3.8) is 0 Å². The van der Waals surface area contributed by atoms with Gasteiger partial charge in [-0.15, -0.1) is 0 Å². The molecule has 1 aromatic rings. The third-order valence-corrected chi connectivity index (χ3v) is 4.70. The Morgan fingerprint density at radius 3 is 2.30 bits per heavy atom. The molecular weight excluding hydrogens is 252 g/mol. The number of amides is 3. The Kier molecular flexibility index (Phi) is 3.24. The second-order valence-electron chi connectivity index (χ2n) is 5.80. The SMILES string of the molecule is CN1C(=O)NC(c2ccccc2)(C2CCCCC2)C1=O. The lowest BCUT2D eigenvalue weighted by atomic mass is 9.71. The third kappa shape index (κ3) is 1.82. The van der Waals surface area contributed by atoms with E-state index in [1.54, 1.807) is 7.05 Å². The monoisotopic (exact) mass is 272 g/mol. The molecule has 2 fully saturated rings.